The van der Waals surface area contributed by atoms with E-state index < -0.39 is 0 Å². The van der Waals surface area contributed by atoms with Crippen LogP contribution in [-0.2, 0) is 4.74 Å². The average Bonchev–Trinajstić information content (AvgIpc) is 2.48. The van der Waals surface area contributed by atoms with Crippen molar-refractivity contribution in [2.75, 3.05) is 26.8 Å². The second-order valence-electron chi connectivity index (χ2n) is 3.06. The van der Waals surface area contributed by atoms with Crippen molar-refractivity contribution >= 4 is 0 Å². The van der Waals surface area contributed by atoms with Crippen molar-refractivity contribution in [1.82, 2.24) is 4.90 Å². The molecule has 0 aliphatic carbocycles. The Morgan fingerprint density at radius 3 is 3.00 bits per heavy atom. The van der Waals surface area contributed by atoms with Crippen LogP contribution in [0.5, 0.6) is 0 Å². The molecular weight excluding hydrogens is 154 g/mol. The Kier molecular flexibility index (Phi) is 3.54. The minimum Gasteiger partial charge on any atom is -0.395 e. The molecule has 0 unspecified atom stereocenters. The standard InChI is InChI=1S/C9H15NO2/c1-3-4-10-6-9(12-2)5-8(10)7-11/h1,8-9,11H,4-7H2,2H3/t8-,9+/m0/s1. The third-order valence-electron chi connectivity index (χ3n) is 2.33. The van der Waals surface area contributed by atoms with Gasteiger partial charge in [0, 0.05) is 19.7 Å². The van der Waals surface area contributed by atoms with Crippen molar-refractivity contribution in [3.63, 3.8) is 0 Å². The fourth-order valence-electron chi connectivity index (χ4n) is 1.61. The molecule has 1 aliphatic rings. The van der Waals surface area contributed by atoms with Crippen LogP contribution in [0.4, 0.5) is 0 Å². The average molecular weight is 169 g/mol. The van der Waals surface area contributed by atoms with Gasteiger partial charge in [-0.25, -0.2) is 0 Å². The third-order valence-corrected chi connectivity index (χ3v) is 2.33. The van der Waals surface area contributed by atoms with Crippen LogP contribution in [0.25, 0.3) is 0 Å². The van der Waals surface area contributed by atoms with E-state index in [2.05, 4.69) is 10.8 Å². The zero-order valence-corrected chi connectivity index (χ0v) is 7.36. The molecule has 0 spiro atoms. The minimum absolute atomic E-state index is 0.168. The fourth-order valence-corrected chi connectivity index (χ4v) is 1.61. The van der Waals surface area contributed by atoms with Gasteiger partial charge < -0.3 is 9.84 Å². The quantitative estimate of drug-likeness (QED) is 0.589. The molecule has 2 atom stereocenters. The Morgan fingerprint density at radius 1 is 1.75 bits per heavy atom. The molecule has 0 amide bonds. The summed E-state index contributed by atoms with van der Waals surface area (Å²) in [5.74, 6) is 2.58. The van der Waals surface area contributed by atoms with Crippen LogP contribution in [0.1, 0.15) is 6.42 Å². The number of ether oxygens (including phenoxy) is 1. The third kappa shape index (κ3) is 1.98. The maximum absolute atomic E-state index is 9.01. The number of hydrogen-bond acceptors (Lipinski definition) is 3. The summed E-state index contributed by atoms with van der Waals surface area (Å²) in [7, 11) is 1.69. The first kappa shape index (κ1) is 9.53. The molecule has 1 saturated heterocycles. The number of terminal acetylenes is 1. The van der Waals surface area contributed by atoms with E-state index in [9.17, 15) is 0 Å². The summed E-state index contributed by atoms with van der Waals surface area (Å²) in [5.41, 5.74) is 0. The molecule has 1 rings (SSSR count). The van der Waals surface area contributed by atoms with E-state index in [1.807, 2.05) is 0 Å². The summed E-state index contributed by atoms with van der Waals surface area (Å²) >= 11 is 0. The Labute approximate surface area is 73.3 Å². The summed E-state index contributed by atoms with van der Waals surface area (Å²) in [6.45, 7) is 1.61. The maximum atomic E-state index is 9.01. The number of methoxy groups -OCH3 is 1. The van der Waals surface area contributed by atoms with Gasteiger partial charge in [0.2, 0.25) is 0 Å². The van der Waals surface area contributed by atoms with E-state index in [0.29, 0.717) is 6.54 Å². The second kappa shape index (κ2) is 4.46. The first-order valence-corrected chi connectivity index (χ1v) is 4.13. The van der Waals surface area contributed by atoms with Gasteiger partial charge in [0.25, 0.3) is 0 Å². The number of hydrogen-bond donors (Lipinski definition) is 1. The number of aliphatic hydroxyl groups excluding tert-OH is 1. The van der Waals surface area contributed by atoms with E-state index in [1.54, 1.807) is 7.11 Å². The molecule has 1 N–H and O–H groups in total. The van der Waals surface area contributed by atoms with Crippen molar-refractivity contribution in [2.45, 2.75) is 18.6 Å². The van der Waals surface area contributed by atoms with Gasteiger partial charge in [0.1, 0.15) is 0 Å². The van der Waals surface area contributed by atoms with Gasteiger partial charge in [0.15, 0.2) is 0 Å². The summed E-state index contributed by atoms with van der Waals surface area (Å²) in [5, 5.41) is 9.01. The lowest BCUT2D eigenvalue weighted by Gasteiger charge is -2.18. The van der Waals surface area contributed by atoms with Crippen LogP contribution in [0.3, 0.4) is 0 Å². The zero-order chi connectivity index (χ0) is 8.97. The molecule has 0 saturated carbocycles. The highest BCUT2D eigenvalue weighted by atomic mass is 16.5. The predicted molar refractivity (Wildman–Crippen MR) is 46.7 cm³/mol. The maximum Gasteiger partial charge on any atom is 0.0714 e. The lowest BCUT2D eigenvalue weighted by Crippen LogP contribution is -2.32. The van der Waals surface area contributed by atoms with Gasteiger partial charge in [-0.1, -0.05) is 5.92 Å². The topological polar surface area (TPSA) is 32.7 Å². The Bertz CT molecular complexity index is 176. The predicted octanol–water partition coefficient (Wildman–Crippen LogP) is -0.299. The summed E-state index contributed by atoms with van der Waals surface area (Å²) in [6, 6.07) is 0.186. The molecule has 1 heterocycles. The smallest absolute Gasteiger partial charge is 0.0714 e. The van der Waals surface area contributed by atoms with Crippen LogP contribution in [0.2, 0.25) is 0 Å². The van der Waals surface area contributed by atoms with Gasteiger partial charge in [0.05, 0.1) is 19.3 Å². The fraction of sp³-hybridized carbons (Fsp3) is 0.778. The molecule has 0 aromatic carbocycles. The number of aliphatic hydroxyl groups is 1. The molecular formula is C9H15NO2. The minimum atomic E-state index is 0.168. The van der Waals surface area contributed by atoms with Crippen molar-refractivity contribution < 1.29 is 9.84 Å². The molecule has 1 fully saturated rings. The molecule has 0 bridgehead atoms. The van der Waals surface area contributed by atoms with Crippen LogP contribution < -0.4 is 0 Å². The SMILES string of the molecule is C#CCN1C[C@H](OC)C[C@H]1CO. The molecule has 1 aliphatic heterocycles. The first-order chi connectivity index (χ1) is 5.81. The number of rotatable bonds is 3. The van der Waals surface area contributed by atoms with Gasteiger partial charge in [-0.05, 0) is 6.42 Å². The Morgan fingerprint density at radius 2 is 2.50 bits per heavy atom. The van der Waals surface area contributed by atoms with Gasteiger partial charge in [-0.2, -0.15) is 0 Å². The van der Waals surface area contributed by atoms with Gasteiger partial charge in [-0.15, -0.1) is 6.42 Å². The highest BCUT2D eigenvalue weighted by Gasteiger charge is 2.30. The summed E-state index contributed by atoms with van der Waals surface area (Å²) < 4.78 is 5.20. The molecule has 3 nitrogen and oxygen atoms in total. The van der Waals surface area contributed by atoms with E-state index in [4.69, 9.17) is 16.3 Å². The van der Waals surface area contributed by atoms with E-state index >= 15 is 0 Å². The van der Waals surface area contributed by atoms with Crippen LogP contribution in [0, 0.1) is 12.3 Å². The van der Waals surface area contributed by atoms with Gasteiger partial charge >= 0.3 is 0 Å². The van der Waals surface area contributed by atoms with Gasteiger partial charge in [-0.3, -0.25) is 4.90 Å². The zero-order valence-electron chi connectivity index (χ0n) is 7.36. The largest absolute Gasteiger partial charge is 0.395 e. The molecule has 0 aromatic heterocycles. The van der Waals surface area contributed by atoms with Crippen molar-refractivity contribution in [3.8, 4) is 12.3 Å². The lowest BCUT2D eigenvalue weighted by atomic mass is 10.2. The normalized spacial score (nSPS) is 30.4. The summed E-state index contributed by atoms with van der Waals surface area (Å²) in [6.07, 6.45) is 6.31. The Balaban J connectivity index is 2.45. The summed E-state index contributed by atoms with van der Waals surface area (Å²) in [4.78, 5) is 2.08. The molecule has 3 heteroatoms. The van der Waals surface area contributed by atoms with Crippen molar-refractivity contribution in [1.29, 1.82) is 0 Å². The van der Waals surface area contributed by atoms with Crippen LogP contribution >= 0.6 is 0 Å². The molecule has 12 heavy (non-hydrogen) atoms. The molecule has 0 radical (unpaired) electrons. The van der Waals surface area contributed by atoms with E-state index in [0.717, 1.165) is 13.0 Å². The van der Waals surface area contributed by atoms with E-state index in [1.165, 1.54) is 0 Å². The lowest BCUT2D eigenvalue weighted by molar-refractivity contribution is 0.110. The number of nitrogens with zero attached hydrogens (tertiary/aromatic N) is 1. The first-order valence-electron chi connectivity index (χ1n) is 4.13. The van der Waals surface area contributed by atoms with Crippen LogP contribution in [0.15, 0.2) is 0 Å². The monoisotopic (exact) mass is 169 g/mol. The highest BCUT2D eigenvalue weighted by molar-refractivity contribution is 4.95. The Hall–Kier alpha value is -0.560. The van der Waals surface area contributed by atoms with E-state index in [-0.39, 0.29) is 18.8 Å². The highest BCUT2D eigenvalue weighted by Crippen LogP contribution is 2.18. The van der Waals surface area contributed by atoms with Crippen molar-refractivity contribution in [3.05, 3.63) is 0 Å². The molecule has 0 aromatic rings. The molecule has 68 valence electrons. The van der Waals surface area contributed by atoms with Crippen LogP contribution in [-0.4, -0.2) is 49.0 Å². The number of likely N-dealkylation sites (tertiary alicyclic amines) is 1. The van der Waals surface area contributed by atoms with Crippen molar-refractivity contribution in [2.24, 2.45) is 0 Å². The second-order valence-corrected chi connectivity index (χ2v) is 3.06.